The van der Waals surface area contributed by atoms with E-state index in [-0.39, 0.29) is 5.78 Å². The summed E-state index contributed by atoms with van der Waals surface area (Å²) >= 11 is 0. The molecule has 0 aliphatic carbocycles. The molecule has 2 aliphatic heterocycles. The predicted octanol–water partition coefficient (Wildman–Crippen LogP) is 5.84. The van der Waals surface area contributed by atoms with Crippen molar-refractivity contribution in [2.75, 3.05) is 6.73 Å². The van der Waals surface area contributed by atoms with Gasteiger partial charge in [-0.3, -0.25) is 9.69 Å². The lowest BCUT2D eigenvalue weighted by molar-refractivity contribution is 0.0673. The molecule has 0 N–H and O–H groups in total. The number of aryl methyl sites for hydroxylation is 1. The first-order valence-corrected chi connectivity index (χ1v) is 10.6. The molecule has 3 aromatic carbocycles. The highest BCUT2D eigenvalue weighted by Gasteiger charge is 2.35. The van der Waals surface area contributed by atoms with E-state index in [1.54, 1.807) is 0 Å². The summed E-state index contributed by atoms with van der Waals surface area (Å²) in [4.78, 5) is 15.4. The fourth-order valence-electron chi connectivity index (χ4n) is 4.13. The van der Waals surface area contributed by atoms with Crippen LogP contribution in [0.25, 0.3) is 17.2 Å². The molecule has 2 aliphatic rings. The molecular formula is C27H25NO3. The summed E-state index contributed by atoms with van der Waals surface area (Å²) in [5.41, 5.74) is 5.73. The van der Waals surface area contributed by atoms with Crippen LogP contribution in [-0.2, 0) is 6.54 Å². The van der Waals surface area contributed by atoms with Crippen molar-refractivity contribution >= 4 is 11.9 Å². The van der Waals surface area contributed by atoms with Gasteiger partial charge < -0.3 is 9.47 Å². The fraction of sp³-hybridized carbons (Fsp3) is 0.222. The second-order valence-electron chi connectivity index (χ2n) is 8.42. The van der Waals surface area contributed by atoms with Crippen LogP contribution in [-0.4, -0.2) is 23.5 Å². The van der Waals surface area contributed by atoms with Crippen molar-refractivity contribution in [3.05, 3.63) is 88.7 Å². The van der Waals surface area contributed by atoms with Crippen LogP contribution in [0, 0.1) is 6.92 Å². The lowest BCUT2D eigenvalue weighted by Gasteiger charge is -2.32. The van der Waals surface area contributed by atoms with Crippen LogP contribution >= 0.6 is 0 Å². The van der Waals surface area contributed by atoms with E-state index < -0.39 is 0 Å². The van der Waals surface area contributed by atoms with Gasteiger partial charge in [0.15, 0.2) is 5.76 Å². The Bertz CT molecular complexity index is 1180. The van der Waals surface area contributed by atoms with Gasteiger partial charge in [0.05, 0.1) is 11.1 Å². The van der Waals surface area contributed by atoms with Crippen molar-refractivity contribution in [1.82, 2.24) is 4.90 Å². The minimum Gasteiger partial charge on any atom is -0.478 e. The molecule has 5 rings (SSSR count). The van der Waals surface area contributed by atoms with Crippen molar-refractivity contribution in [2.45, 2.75) is 33.4 Å². The minimum absolute atomic E-state index is 0.0656. The standard InChI is InChI=1S/C27H25NO3/c1-17(2)28-15-22-23(30-16-28)13-18(3)25-26(29)24(31-27(22)25)14-19-9-11-21(12-10-19)20-7-5-4-6-8-20/h4-14,17H,15-16H2,1-3H3/b24-14-. The summed E-state index contributed by atoms with van der Waals surface area (Å²) in [7, 11) is 0. The van der Waals surface area contributed by atoms with Gasteiger partial charge in [-0.25, -0.2) is 0 Å². The van der Waals surface area contributed by atoms with Gasteiger partial charge in [0, 0.05) is 12.6 Å². The Balaban J connectivity index is 1.47. The average Bonchev–Trinajstić information content (AvgIpc) is 3.11. The zero-order chi connectivity index (χ0) is 21.5. The number of fused-ring (bicyclic) bond motifs is 3. The van der Waals surface area contributed by atoms with E-state index in [1.165, 1.54) is 5.56 Å². The van der Waals surface area contributed by atoms with Crippen molar-refractivity contribution in [3.8, 4) is 22.6 Å². The molecule has 0 fully saturated rings. The molecule has 2 heterocycles. The quantitative estimate of drug-likeness (QED) is 0.508. The molecule has 4 nitrogen and oxygen atoms in total. The number of allylic oxidation sites excluding steroid dienone is 1. The second-order valence-corrected chi connectivity index (χ2v) is 8.42. The normalized spacial score (nSPS) is 16.8. The van der Waals surface area contributed by atoms with Crippen LogP contribution in [0.5, 0.6) is 11.5 Å². The first kappa shape index (κ1) is 19.6. The summed E-state index contributed by atoms with van der Waals surface area (Å²) in [5.74, 6) is 1.76. The highest BCUT2D eigenvalue weighted by atomic mass is 16.5. The van der Waals surface area contributed by atoms with Gasteiger partial charge in [-0.15, -0.1) is 0 Å². The summed E-state index contributed by atoms with van der Waals surface area (Å²) < 4.78 is 12.1. The molecule has 0 bridgehead atoms. The van der Waals surface area contributed by atoms with Gasteiger partial charge in [0.25, 0.3) is 0 Å². The van der Waals surface area contributed by atoms with Gasteiger partial charge in [0.1, 0.15) is 18.2 Å². The Morgan fingerprint density at radius 1 is 1.00 bits per heavy atom. The monoisotopic (exact) mass is 411 g/mol. The van der Waals surface area contributed by atoms with Crippen LogP contribution in [0.2, 0.25) is 0 Å². The van der Waals surface area contributed by atoms with Crippen LogP contribution in [0.1, 0.15) is 40.9 Å². The molecular weight excluding hydrogens is 386 g/mol. The summed E-state index contributed by atoms with van der Waals surface area (Å²) in [6.07, 6.45) is 1.83. The van der Waals surface area contributed by atoms with Crippen molar-refractivity contribution in [3.63, 3.8) is 0 Å². The number of benzene rings is 3. The smallest absolute Gasteiger partial charge is 0.232 e. The van der Waals surface area contributed by atoms with Gasteiger partial charge in [-0.2, -0.15) is 0 Å². The Hall–Kier alpha value is -3.37. The number of rotatable bonds is 3. The fourth-order valence-corrected chi connectivity index (χ4v) is 4.13. The number of Topliss-reactive ketones (excluding diaryl/α,β-unsaturated/α-hetero) is 1. The first-order valence-electron chi connectivity index (χ1n) is 10.6. The minimum atomic E-state index is -0.0656. The zero-order valence-corrected chi connectivity index (χ0v) is 18.0. The summed E-state index contributed by atoms with van der Waals surface area (Å²) in [6, 6.07) is 20.7. The van der Waals surface area contributed by atoms with E-state index >= 15 is 0 Å². The van der Waals surface area contributed by atoms with Crippen LogP contribution in [0.15, 0.2) is 66.4 Å². The van der Waals surface area contributed by atoms with Crippen LogP contribution in [0.4, 0.5) is 0 Å². The third kappa shape index (κ3) is 3.53. The van der Waals surface area contributed by atoms with E-state index in [2.05, 4.69) is 43.0 Å². The Labute approximate surface area is 182 Å². The van der Waals surface area contributed by atoms with E-state index in [4.69, 9.17) is 9.47 Å². The number of hydrogen-bond donors (Lipinski definition) is 0. The molecule has 0 atom stereocenters. The lowest BCUT2D eigenvalue weighted by Crippen LogP contribution is -2.37. The topological polar surface area (TPSA) is 38.8 Å². The van der Waals surface area contributed by atoms with Gasteiger partial charge >= 0.3 is 0 Å². The summed E-state index contributed by atoms with van der Waals surface area (Å²) in [6.45, 7) is 7.48. The number of hydrogen-bond acceptors (Lipinski definition) is 4. The van der Waals surface area contributed by atoms with Crippen LogP contribution in [0.3, 0.4) is 0 Å². The maximum atomic E-state index is 13.2. The van der Waals surface area contributed by atoms with Gasteiger partial charge in [-0.1, -0.05) is 54.6 Å². The van der Waals surface area contributed by atoms with E-state index in [1.807, 2.05) is 49.4 Å². The average molecular weight is 412 g/mol. The highest BCUT2D eigenvalue weighted by molar-refractivity contribution is 6.15. The Morgan fingerprint density at radius 2 is 1.71 bits per heavy atom. The number of carbonyl (C=O) groups is 1. The number of carbonyl (C=O) groups excluding carboxylic acids is 1. The molecule has 4 heteroatoms. The number of nitrogens with zero attached hydrogens (tertiary/aromatic N) is 1. The molecule has 31 heavy (non-hydrogen) atoms. The molecule has 0 saturated carbocycles. The maximum Gasteiger partial charge on any atom is 0.232 e. The van der Waals surface area contributed by atoms with E-state index in [0.29, 0.717) is 36.4 Å². The largest absolute Gasteiger partial charge is 0.478 e. The van der Waals surface area contributed by atoms with Crippen molar-refractivity contribution < 1.29 is 14.3 Å². The highest BCUT2D eigenvalue weighted by Crippen LogP contribution is 2.44. The molecule has 0 saturated heterocycles. The molecule has 0 amide bonds. The number of ketones is 1. The molecule has 3 aromatic rings. The molecule has 0 radical (unpaired) electrons. The first-order chi connectivity index (χ1) is 15.0. The zero-order valence-electron chi connectivity index (χ0n) is 18.0. The Morgan fingerprint density at radius 3 is 2.42 bits per heavy atom. The van der Waals surface area contributed by atoms with E-state index in [9.17, 15) is 4.79 Å². The third-order valence-electron chi connectivity index (χ3n) is 6.00. The SMILES string of the molecule is Cc1cc2c(c3c1C(=O)/C(=C/c1ccc(-c4ccccc4)cc1)O3)CN(C(C)C)CO2. The molecule has 156 valence electrons. The maximum absolute atomic E-state index is 13.2. The second kappa shape index (κ2) is 7.71. The molecule has 0 unspecified atom stereocenters. The van der Waals surface area contributed by atoms with E-state index in [0.717, 1.165) is 28.0 Å². The van der Waals surface area contributed by atoms with Crippen LogP contribution < -0.4 is 9.47 Å². The van der Waals surface area contributed by atoms with Gasteiger partial charge in [-0.05, 0) is 55.2 Å². The molecule has 0 spiro atoms. The van der Waals surface area contributed by atoms with Crippen molar-refractivity contribution in [1.29, 1.82) is 0 Å². The predicted molar refractivity (Wildman–Crippen MR) is 122 cm³/mol. The summed E-state index contributed by atoms with van der Waals surface area (Å²) in [5, 5.41) is 0. The lowest BCUT2D eigenvalue weighted by atomic mass is 9.98. The third-order valence-corrected chi connectivity index (χ3v) is 6.00. The Kier molecular flexibility index (Phi) is 4.87. The van der Waals surface area contributed by atoms with Crippen molar-refractivity contribution in [2.24, 2.45) is 0 Å². The van der Waals surface area contributed by atoms with Gasteiger partial charge in [0.2, 0.25) is 5.78 Å². The number of ether oxygens (including phenoxy) is 2. The molecule has 0 aromatic heterocycles.